The van der Waals surface area contributed by atoms with E-state index in [2.05, 4.69) is 37.1 Å². The molecule has 1 aliphatic rings. The van der Waals surface area contributed by atoms with Crippen LogP contribution in [0, 0.1) is 24.5 Å². The molecule has 9 heteroatoms. The van der Waals surface area contributed by atoms with Gasteiger partial charge in [-0.1, -0.05) is 6.58 Å². The Balaban J connectivity index is 1.42. The van der Waals surface area contributed by atoms with Gasteiger partial charge in [0.15, 0.2) is 11.6 Å². The van der Waals surface area contributed by atoms with E-state index < -0.39 is 11.6 Å². The fourth-order valence-corrected chi connectivity index (χ4v) is 4.84. The number of aromatic nitrogens is 5. The van der Waals surface area contributed by atoms with Crippen LogP contribution in [0.5, 0.6) is 0 Å². The first-order valence-corrected chi connectivity index (χ1v) is 12.2. The van der Waals surface area contributed by atoms with Crippen molar-refractivity contribution in [1.82, 2.24) is 29.8 Å². The summed E-state index contributed by atoms with van der Waals surface area (Å²) in [4.78, 5) is 17.2. The number of hydrogen-bond donors (Lipinski definition) is 2. The summed E-state index contributed by atoms with van der Waals surface area (Å²) in [7, 11) is 0. The molecule has 186 valence electrons. The van der Waals surface area contributed by atoms with Crippen molar-refractivity contribution < 1.29 is 8.78 Å². The van der Waals surface area contributed by atoms with E-state index in [1.54, 1.807) is 12.3 Å². The summed E-state index contributed by atoms with van der Waals surface area (Å²) in [5.74, 6) is 0.599. The number of fused-ring (bicyclic) bond motifs is 1. The number of imidazole rings is 1. The van der Waals surface area contributed by atoms with Gasteiger partial charge in [-0.2, -0.15) is 0 Å². The minimum Gasteiger partial charge on any atom is -0.326 e. The maximum absolute atomic E-state index is 14.9. The van der Waals surface area contributed by atoms with E-state index in [0.29, 0.717) is 28.6 Å². The molecular weight excluding hydrogens is 460 g/mol. The van der Waals surface area contributed by atoms with Crippen LogP contribution in [0.1, 0.15) is 44.1 Å². The van der Waals surface area contributed by atoms with Crippen molar-refractivity contribution in [1.29, 1.82) is 0 Å². The monoisotopic (exact) mass is 489 g/mol. The van der Waals surface area contributed by atoms with Crippen LogP contribution in [0.4, 0.5) is 20.5 Å². The van der Waals surface area contributed by atoms with Gasteiger partial charge in [0.25, 0.3) is 0 Å². The van der Waals surface area contributed by atoms with Gasteiger partial charge < -0.3 is 15.2 Å². The fourth-order valence-electron chi connectivity index (χ4n) is 4.84. The maximum atomic E-state index is 14.9. The smallest absolute Gasteiger partial charge is 0.229 e. The maximum Gasteiger partial charge on any atom is 0.229 e. The normalized spacial score (nSPS) is 16.0. The van der Waals surface area contributed by atoms with Gasteiger partial charge in [0.05, 0.1) is 11.7 Å². The van der Waals surface area contributed by atoms with E-state index in [-0.39, 0.29) is 23.2 Å². The molecule has 2 N–H and O–H groups in total. The molecule has 0 amide bonds. The van der Waals surface area contributed by atoms with E-state index in [4.69, 9.17) is 0 Å². The second kappa shape index (κ2) is 9.73. The zero-order chi connectivity index (χ0) is 25.4. The van der Waals surface area contributed by atoms with Crippen LogP contribution in [0.15, 0.2) is 43.2 Å². The summed E-state index contributed by atoms with van der Waals surface area (Å²) in [5, 5.41) is 6.43. The third-order valence-corrected chi connectivity index (χ3v) is 6.62. The van der Waals surface area contributed by atoms with Crippen molar-refractivity contribution >= 4 is 28.4 Å². The minimum atomic E-state index is -0.646. The van der Waals surface area contributed by atoms with Crippen molar-refractivity contribution in [3.8, 4) is 11.3 Å². The molecule has 0 spiro atoms. The molecule has 4 aromatic rings. The Morgan fingerprint density at radius 2 is 1.97 bits per heavy atom. The Hall–Kier alpha value is -3.72. The molecule has 1 saturated heterocycles. The first kappa shape index (κ1) is 24.0. The molecule has 1 aromatic carbocycles. The predicted octanol–water partition coefficient (Wildman–Crippen LogP) is 5.81. The van der Waals surface area contributed by atoms with E-state index in [9.17, 15) is 8.78 Å². The van der Waals surface area contributed by atoms with Gasteiger partial charge in [-0.3, -0.25) is 0 Å². The van der Waals surface area contributed by atoms with Crippen molar-refractivity contribution in [2.45, 2.75) is 39.7 Å². The van der Waals surface area contributed by atoms with E-state index >= 15 is 0 Å². The Bertz CT molecular complexity index is 1420. The second-order valence-electron chi connectivity index (χ2n) is 9.46. The van der Waals surface area contributed by atoms with Crippen molar-refractivity contribution in [3.05, 3.63) is 66.3 Å². The molecule has 0 unspecified atom stereocenters. The molecular formula is C27H29F2N7. The molecule has 3 aromatic heterocycles. The third-order valence-electron chi connectivity index (χ3n) is 6.62. The number of piperidine rings is 1. The standard InChI is InChI=1S/C27H29F2N7/c1-15(2)36-17(4)33-26-21(28)10-20(11-23(26)36)25-22(29)14-32-27(35-25)34-24-8-7-19(13-31-24)16(3)18-6-5-9-30-12-18/h7-8,10-11,13-15,18,30H,3,5-6,9,12H2,1-2,4H3,(H,31,32,34,35)/t18-/m1/s1. The molecule has 4 heterocycles. The molecule has 1 aliphatic heterocycles. The number of nitrogens with one attached hydrogen (secondary N) is 2. The lowest BCUT2D eigenvalue weighted by Crippen LogP contribution is -2.30. The number of aryl methyl sites for hydroxylation is 1. The van der Waals surface area contributed by atoms with Gasteiger partial charge in [0.2, 0.25) is 5.95 Å². The molecule has 0 radical (unpaired) electrons. The van der Waals surface area contributed by atoms with Crippen LogP contribution in [0.3, 0.4) is 0 Å². The molecule has 5 rings (SSSR count). The second-order valence-corrected chi connectivity index (χ2v) is 9.46. The quantitative estimate of drug-likeness (QED) is 0.356. The van der Waals surface area contributed by atoms with Gasteiger partial charge in [0, 0.05) is 24.3 Å². The number of rotatable bonds is 6. The fraction of sp³-hybridized carbons (Fsp3) is 0.333. The molecule has 36 heavy (non-hydrogen) atoms. The Morgan fingerprint density at radius 3 is 2.67 bits per heavy atom. The zero-order valence-corrected chi connectivity index (χ0v) is 20.6. The van der Waals surface area contributed by atoms with Gasteiger partial charge in [0.1, 0.15) is 22.9 Å². The first-order valence-electron chi connectivity index (χ1n) is 12.2. The van der Waals surface area contributed by atoms with Gasteiger partial charge in [-0.25, -0.2) is 28.7 Å². The lowest BCUT2D eigenvalue weighted by molar-refractivity contribution is 0.448. The van der Waals surface area contributed by atoms with Crippen molar-refractivity contribution in [2.24, 2.45) is 5.92 Å². The Kier molecular flexibility index (Phi) is 6.49. The van der Waals surface area contributed by atoms with Gasteiger partial charge >= 0.3 is 0 Å². The highest BCUT2D eigenvalue weighted by Gasteiger charge is 2.19. The van der Waals surface area contributed by atoms with E-state index in [1.807, 2.05) is 37.5 Å². The van der Waals surface area contributed by atoms with Crippen molar-refractivity contribution in [2.75, 3.05) is 18.4 Å². The lowest BCUT2D eigenvalue weighted by Gasteiger charge is -2.24. The molecule has 1 atom stereocenters. The summed E-state index contributed by atoms with van der Waals surface area (Å²) in [6, 6.07) is 6.81. The van der Waals surface area contributed by atoms with Crippen LogP contribution in [0.2, 0.25) is 0 Å². The highest BCUT2D eigenvalue weighted by atomic mass is 19.1. The Labute approximate surface area is 208 Å². The van der Waals surface area contributed by atoms with Crippen molar-refractivity contribution in [3.63, 3.8) is 0 Å². The number of nitrogens with zero attached hydrogens (tertiary/aromatic N) is 5. The molecule has 0 bridgehead atoms. The molecule has 1 fully saturated rings. The number of pyridine rings is 1. The average molecular weight is 490 g/mol. The number of hydrogen-bond acceptors (Lipinski definition) is 6. The van der Waals surface area contributed by atoms with Gasteiger partial charge in [-0.05, 0) is 81.5 Å². The largest absolute Gasteiger partial charge is 0.326 e. The SMILES string of the molecule is C=C(c1ccc(Nc2ncc(F)c(-c3cc(F)c4nc(C)n(C(C)C)c4c3)n2)nc1)[C@@H]1CCCNC1. The summed E-state index contributed by atoms with van der Waals surface area (Å²) in [6.07, 6.45) is 5.09. The zero-order valence-electron chi connectivity index (χ0n) is 20.6. The summed E-state index contributed by atoms with van der Waals surface area (Å²) >= 11 is 0. The summed E-state index contributed by atoms with van der Waals surface area (Å²) in [5.41, 5.74) is 3.21. The molecule has 0 saturated carbocycles. The first-order chi connectivity index (χ1) is 17.3. The van der Waals surface area contributed by atoms with Crippen LogP contribution >= 0.6 is 0 Å². The molecule has 7 nitrogen and oxygen atoms in total. The van der Waals surface area contributed by atoms with E-state index in [1.165, 1.54) is 6.07 Å². The highest BCUT2D eigenvalue weighted by Crippen LogP contribution is 2.31. The molecule has 0 aliphatic carbocycles. The lowest BCUT2D eigenvalue weighted by atomic mass is 9.89. The highest BCUT2D eigenvalue weighted by molar-refractivity contribution is 5.83. The summed E-state index contributed by atoms with van der Waals surface area (Å²) < 4.78 is 31.6. The number of anilines is 2. The summed E-state index contributed by atoms with van der Waals surface area (Å²) in [6.45, 7) is 12.0. The topological polar surface area (TPSA) is 80.6 Å². The van der Waals surface area contributed by atoms with Crippen LogP contribution in [0.25, 0.3) is 27.9 Å². The third kappa shape index (κ3) is 4.58. The predicted molar refractivity (Wildman–Crippen MR) is 138 cm³/mol. The number of halogens is 2. The van der Waals surface area contributed by atoms with Crippen LogP contribution < -0.4 is 10.6 Å². The van der Waals surface area contributed by atoms with E-state index in [0.717, 1.165) is 43.3 Å². The minimum absolute atomic E-state index is 0.00254. The average Bonchev–Trinajstić information content (AvgIpc) is 3.22. The number of benzene rings is 1. The van der Waals surface area contributed by atoms with Crippen LogP contribution in [-0.4, -0.2) is 37.6 Å². The Morgan fingerprint density at radius 1 is 1.14 bits per heavy atom. The van der Waals surface area contributed by atoms with Gasteiger partial charge in [-0.15, -0.1) is 0 Å². The van der Waals surface area contributed by atoms with Crippen LogP contribution in [-0.2, 0) is 0 Å².